The zero-order valence-corrected chi connectivity index (χ0v) is 8.21. The van der Waals surface area contributed by atoms with Gasteiger partial charge in [-0.1, -0.05) is 24.3 Å². The Labute approximate surface area is 83.5 Å². The van der Waals surface area contributed by atoms with Gasteiger partial charge in [0, 0.05) is 13.1 Å². The number of primary amides is 1. The van der Waals surface area contributed by atoms with E-state index in [0.29, 0.717) is 6.54 Å². The van der Waals surface area contributed by atoms with Crippen molar-refractivity contribution < 1.29 is 4.79 Å². The van der Waals surface area contributed by atoms with Crippen LogP contribution in [0.5, 0.6) is 0 Å². The fourth-order valence-electron chi connectivity index (χ4n) is 1.17. The minimum atomic E-state index is -0.496. The van der Waals surface area contributed by atoms with Gasteiger partial charge in [0.2, 0.25) is 0 Å². The minimum Gasteiger partial charge on any atom is -0.352 e. The molecule has 14 heavy (non-hydrogen) atoms. The highest BCUT2D eigenvalue weighted by molar-refractivity contribution is 5.71. The van der Waals surface area contributed by atoms with Crippen molar-refractivity contribution in [1.82, 2.24) is 10.6 Å². The van der Waals surface area contributed by atoms with Crippen molar-refractivity contribution in [2.24, 2.45) is 5.73 Å². The lowest BCUT2D eigenvalue weighted by molar-refractivity contribution is 0.248. The molecule has 0 spiro atoms. The average Bonchev–Trinajstić information content (AvgIpc) is 2.17. The van der Waals surface area contributed by atoms with E-state index in [-0.39, 0.29) is 0 Å². The lowest BCUT2D eigenvalue weighted by Gasteiger charge is -2.04. The summed E-state index contributed by atoms with van der Waals surface area (Å²) in [7, 11) is 1.91. The van der Waals surface area contributed by atoms with Crippen LogP contribution in [-0.4, -0.2) is 13.1 Å². The van der Waals surface area contributed by atoms with Crippen LogP contribution in [0.1, 0.15) is 11.1 Å². The number of nitrogens with one attached hydrogen (secondary N) is 2. The van der Waals surface area contributed by atoms with Crippen LogP contribution in [0, 0.1) is 0 Å². The Morgan fingerprint density at radius 3 is 2.14 bits per heavy atom. The summed E-state index contributed by atoms with van der Waals surface area (Å²) in [5, 5.41) is 5.60. The third-order valence-corrected chi connectivity index (χ3v) is 1.87. The highest BCUT2D eigenvalue weighted by Crippen LogP contribution is 2.03. The third-order valence-electron chi connectivity index (χ3n) is 1.87. The topological polar surface area (TPSA) is 67.2 Å². The highest BCUT2D eigenvalue weighted by Gasteiger charge is 1.95. The summed E-state index contributed by atoms with van der Waals surface area (Å²) in [5.74, 6) is 0. The fourth-order valence-corrected chi connectivity index (χ4v) is 1.17. The predicted molar refractivity (Wildman–Crippen MR) is 55.6 cm³/mol. The summed E-state index contributed by atoms with van der Waals surface area (Å²) < 4.78 is 0. The number of carbonyl (C=O) groups is 1. The van der Waals surface area contributed by atoms with Gasteiger partial charge < -0.3 is 16.4 Å². The smallest absolute Gasteiger partial charge is 0.312 e. The van der Waals surface area contributed by atoms with Crippen molar-refractivity contribution in [2.75, 3.05) is 7.05 Å². The van der Waals surface area contributed by atoms with Gasteiger partial charge in [0.05, 0.1) is 0 Å². The average molecular weight is 193 g/mol. The molecule has 4 heteroatoms. The molecule has 0 saturated heterocycles. The van der Waals surface area contributed by atoms with Crippen molar-refractivity contribution in [3.8, 4) is 0 Å². The first-order chi connectivity index (χ1) is 6.72. The Balaban J connectivity index is 2.50. The lowest BCUT2D eigenvalue weighted by atomic mass is 10.1. The van der Waals surface area contributed by atoms with Crippen LogP contribution >= 0.6 is 0 Å². The lowest BCUT2D eigenvalue weighted by Crippen LogP contribution is -2.28. The number of amides is 2. The molecule has 0 bridgehead atoms. The summed E-state index contributed by atoms with van der Waals surface area (Å²) in [6.45, 7) is 1.33. The maximum absolute atomic E-state index is 10.4. The van der Waals surface area contributed by atoms with Crippen LogP contribution in [0.3, 0.4) is 0 Å². The van der Waals surface area contributed by atoms with Crippen LogP contribution in [0.2, 0.25) is 0 Å². The molecule has 0 saturated carbocycles. The van der Waals surface area contributed by atoms with Crippen molar-refractivity contribution in [2.45, 2.75) is 13.1 Å². The fraction of sp³-hybridized carbons (Fsp3) is 0.300. The first kappa shape index (κ1) is 10.5. The summed E-state index contributed by atoms with van der Waals surface area (Å²) >= 11 is 0. The monoisotopic (exact) mass is 193 g/mol. The molecular weight excluding hydrogens is 178 g/mol. The molecule has 2 amide bonds. The number of hydrogen-bond donors (Lipinski definition) is 3. The van der Waals surface area contributed by atoms with Crippen molar-refractivity contribution >= 4 is 6.03 Å². The first-order valence-corrected chi connectivity index (χ1v) is 4.48. The van der Waals surface area contributed by atoms with Crippen molar-refractivity contribution in [1.29, 1.82) is 0 Å². The van der Waals surface area contributed by atoms with E-state index in [1.54, 1.807) is 0 Å². The van der Waals surface area contributed by atoms with Gasteiger partial charge in [-0.25, -0.2) is 4.79 Å². The number of benzene rings is 1. The van der Waals surface area contributed by atoms with Crippen molar-refractivity contribution in [3.05, 3.63) is 35.4 Å². The highest BCUT2D eigenvalue weighted by atomic mass is 16.2. The zero-order valence-electron chi connectivity index (χ0n) is 8.21. The number of rotatable bonds is 4. The Bertz CT molecular complexity index is 295. The molecule has 0 aromatic heterocycles. The summed E-state index contributed by atoms with van der Waals surface area (Å²) in [6, 6.07) is 7.50. The number of urea groups is 1. The molecule has 1 aromatic carbocycles. The molecule has 0 aliphatic rings. The predicted octanol–water partition coefficient (Wildman–Crippen LogP) is 0.574. The Hall–Kier alpha value is -1.55. The van der Waals surface area contributed by atoms with E-state index in [1.165, 1.54) is 5.56 Å². The number of nitrogens with two attached hydrogens (primary N) is 1. The molecule has 0 radical (unpaired) electrons. The standard InChI is InChI=1S/C10H15N3O/c1-12-6-8-2-4-9(5-3-8)7-13-10(11)14/h2-5,12H,6-7H2,1H3,(H3,11,13,14). The van der Waals surface area contributed by atoms with Gasteiger partial charge in [-0.05, 0) is 18.2 Å². The zero-order chi connectivity index (χ0) is 10.4. The molecule has 4 nitrogen and oxygen atoms in total. The number of hydrogen-bond acceptors (Lipinski definition) is 2. The van der Waals surface area contributed by atoms with Gasteiger partial charge in [0.15, 0.2) is 0 Å². The van der Waals surface area contributed by atoms with Gasteiger partial charge in [-0.2, -0.15) is 0 Å². The van der Waals surface area contributed by atoms with E-state index in [4.69, 9.17) is 5.73 Å². The number of carbonyl (C=O) groups excluding carboxylic acids is 1. The van der Waals surface area contributed by atoms with Gasteiger partial charge in [-0.15, -0.1) is 0 Å². The molecule has 0 unspecified atom stereocenters. The van der Waals surface area contributed by atoms with Crippen molar-refractivity contribution in [3.63, 3.8) is 0 Å². The van der Waals surface area contributed by atoms with Crippen LogP contribution in [0.25, 0.3) is 0 Å². The van der Waals surface area contributed by atoms with Crippen LogP contribution < -0.4 is 16.4 Å². The molecule has 76 valence electrons. The Morgan fingerprint density at radius 1 is 1.21 bits per heavy atom. The second-order valence-corrected chi connectivity index (χ2v) is 3.06. The maximum Gasteiger partial charge on any atom is 0.312 e. The molecule has 0 aliphatic carbocycles. The van der Waals surface area contributed by atoms with E-state index in [2.05, 4.69) is 10.6 Å². The summed E-state index contributed by atoms with van der Waals surface area (Å²) in [4.78, 5) is 10.4. The first-order valence-electron chi connectivity index (χ1n) is 4.48. The summed E-state index contributed by atoms with van der Waals surface area (Å²) in [6.07, 6.45) is 0. The summed E-state index contributed by atoms with van der Waals surface area (Å²) in [5.41, 5.74) is 7.22. The van der Waals surface area contributed by atoms with E-state index in [1.807, 2.05) is 31.3 Å². The van der Waals surface area contributed by atoms with Crippen LogP contribution in [0.4, 0.5) is 4.79 Å². The molecule has 4 N–H and O–H groups in total. The Morgan fingerprint density at radius 2 is 1.71 bits per heavy atom. The largest absolute Gasteiger partial charge is 0.352 e. The molecule has 0 heterocycles. The molecular formula is C10H15N3O. The normalized spacial score (nSPS) is 9.79. The second kappa shape index (κ2) is 5.24. The molecule has 0 atom stereocenters. The van der Waals surface area contributed by atoms with E-state index in [0.717, 1.165) is 12.1 Å². The van der Waals surface area contributed by atoms with Crippen LogP contribution in [-0.2, 0) is 13.1 Å². The van der Waals surface area contributed by atoms with Gasteiger partial charge in [-0.3, -0.25) is 0 Å². The molecule has 0 fully saturated rings. The third kappa shape index (κ3) is 3.45. The molecule has 0 aliphatic heterocycles. The Kier molecular flexibility index (Phi) is 3.94. The SMILES string of the molecule is CNCc1ccc(CNC(N)=O)cc1. The quantitative estimate of drug-likeness (QED) is 0.654. The van der Waals surface area contributed by atoms with Gasteiger partial charge in [0.25, 0.3) is 0 Å². The minimum absolute atomic E-state index is 0.481. The molecule has 1 rings (SSSR count). The second-order valence-electron chi connectivity index (χ2n) is 3.06. The van der Waals surface area contributed by atoms with E-state index < -0.39 is 6.03 Å². The van der Waals surface area contributed by atoms with Gasteiger partial charge >= 0.3 is 6.03 Å². The van der Waals surface area contributed by atoms with E-state index >= 15 is 0 Å². The van der Waals surface area contributed by atoms with Crippen LogP contribution in [0.15, 0.2) is 24.3 Å². The van der Waals surface area contributed by atoms with Gasteiger partial charge in [0.1, 0.15) is 0 Å². The maximum atomic E-state index is 10.4. The molecule has 1 aromatic rings. The van der Waals surface area contributed by atoms with E-state index in [9.17, 15) is 4.79 Å².